The van der Waals surface area contributed by atoms with Crippen molar-refractivity contribution in [1.29, 1.82) is 0 Å². The summed E-state index contributed by atoms with van der Waals surface area (Å²) in [5.41, 5.74) is 2.27. The minimum absolute atomic E-state index is 1.08. The van der Waals surface area contributed by atoms with Crippen molar-refractivity contribution < 1.29 is 9.99 Å². The van der Waals surface area contributed by atoms with Crippen LogP contribution in [0, 0.1) is 15.3 Å². The third-order valence-electron chi connectivity index (χ3n) is 2.28. The quantitative estimate of drug-likeness (QED) is 0.574. The van der Waals surface area contributed by atoms with E-state index in [0.29, 0.717) is 0 Å². The molecule has 17 heavy (non-hydrogen) atoms. The lowest BCUT2D eigenvalue weighted by Gasteiger charge is -1.97. The zero-order valence-electron chi connectivity index (χ0n) is 9.58. The van der Waals surface area contributed by atoms with E-state index in [9.17, 15) is 0 Å². The molecule has 0 aromatic heterocycles. The average molecular weight is 235 g/mol. The number of benzene rings is 1. The third-order valence-corrected chi connectivity index (χ3v) is 2.28. The molecule has 1 N–H and O–H groups in total. The molecule has 0 bridgehead atoms. The van der Waals surface area contributed by atoms with Crippen LogP contribution in [-0.2, 0) is 0 Å². The molecule has 1 aliphatic rings. The Bertz CT molecular complexity index is 450. The normalized spacial score (nSPS) is 17.6. The molecule has 1 atom stereocenters. The average Bonchev–Trinajstić information content (AvgIpc) is 2.60. The zero-order valence-corrected chi connectivity index (χ0v) is 9.58. The number of nitrogens with one attached hydrogen (secondary N) is 1. The summed E-state index contributed by atoms with van der Waals surface area (Å²) in [5, 5.41) is 14.8. The summed E-state index contributed by atoms with van der Waals surface area (Å²) in [5.74, 6) is 1.12. The second-order valence-corrected chi connectivity index (χ2v) is 3.50. The van der Waals surface area contributed by atoms with Gasteiger partial charge in [0.05, 0.1) is 12.1 Å². The fraction of sp³-hybridized carbons (Fsp3) is 0.182. The molecular formula is C11H13N3O3. The van der Waals surface area contributed by atoms with Gasteiger partial charge in [-0.1, -0.05) is 30.3 Å². The Labute approximate surface area is 98.6 Å². The van der Waals surface area contributed by atoms with Crippen LogP contribution in [0.5, 0.6) is 0 Å². The van der Waals surface area contributed by atoms with E-state index in [1.54, 1.807) is 0 Å². The summed E-state index contributed by atoms with van der Waals surface area (Å²) in [6.45, 7) is 2.04. The number of aliphatic imine (C=N–C) groups is 1. The van der Waals surface area contributed by atoms with Gasteiger partial charge in [0.1, 0.15) is 11.9 Å². The lowest BCUT2D eigenvalue weighted by Crippen LogP contribution is -3.05. The molecule has 0 saturated carbocycles. The van der Waals surface area contributed by atoms with E-state index in [-0.39, 0.29) is 0 Å². The van der Waals surface area contributed by atoms with Gasteiger partial charge in [0, 0.05) is 12.5 Å². The van der Waals surface area contributed by atoms with Crippen molar-refractivity contribution in [3.63, 3.8) is 0 Å². The first kappa shape index (κ1) is 12.9. The highest BCUT2D eigenvalue weighted by Gasteiger charge is 2.15. The van der Waals surface area contributed by atoms with Crippen LogP contribution in [0.25, 0.3) is 5.70 Å². The minimum Gasteiger partial charge on any atom is -0.356 e. The fourth-order valence-electron chi connectivity index (χ4n) is 1.37. The van der Waals surface area contributed by atoms with Gasteiger partial charge in [-0.25, -0.2) is 0 Å². The van der Waals surface area contributed by atoms with E-state index >= 15 is 0 Å². The zero-order chi connectivity index (χ0) is 12.8. The molecule has 90 valence electrons. The lowest BCUT2D eigenvalue weighted by molar-refractivity contribution is -0.718. The fourth-order valence-corrected chi connectivity index (χ4v) is 1.37. The van der Waals surface area contributed by atoms with Gasteiger partial charge >= 0.3 is 0 Å². The first-order chi connectivity index (χ1) is 8.00. The molecule has 2 rings (SSSR count). The van der Waals surface area contributed by atoms with Crippen molar-refractivity contribution in [2.45, 2.75) is 6.92 Å². The second-order valence-electron chi connectivity index (χ2n) is 3.50. The Balaban J connectivity index is 0.000000317. The monoisotopic (exact) mass is 235 g/mol. The summed E-state index contributed by atoms with van der Waals surface area (Å²) in [4.78, 5) is 14.0. The predicted octanol–water partition coefficient (Wildman–Crippen LogP) is 0.693. The predicted molar refractivity (Wildman–Crippen MR) is 64.8 cm³/mol. The summed E-state index contributed by atoms with van der Waals surface area (Å²) in [6, 6.07) is 10.3. The van der Waals surface area contributed by atoms with Crippen molar-refractivity contribution in [3.05, 3.63) is 57.4 Å². The van der Waals surface area contributed by atoms with Crippen molar-refractivity contribution in [2.24, 2.45) is 4.99 Å². The van der Waals surface area contributed by atoms with Crippen molar-refractivity contribution >= 4 is 11.5 Å². The van der Waals surface area contributed by atoms with E-state index in [4.69, 9.17) is 15.3 Å². The van der Waals surface area contributed by atoms with Crippen LogP contribution in [-0.4, -0.2) is 18.0 Å². The number of rotatable bonds is 1. The molecule has 1 heterocycles. The van der Waals surface area contributed by atoms with Crippen LogP contribution in [0.2, 0.25) is 0 Å². The maximum absolute atomic E-state index is 8.25. The minimum atomic E-state index is -1.75. The largest absolute Gasteiger partial charge is 0.356 e. The van der Waals surface area contributed by atoms with Crippen molar-refractivity contribution in [3.8, 4) is 0 Å². The molecule has 6 nitrogen and oxygen atoms in total. The summed E-state index contributed by atoms with van der Waals surface area (Å²) in [7, 11) is 2.09. The number of nitrogens with zero attached hydrogens (tertiary/aromatic N) is 2. The van der Waals surface area contributed by atoms with Gasteiger partial charge in [0.15, 0.2) is 0 Å². The van der Waals surface area contributed by atoms with E-state index in [1.165, 1.54) is 10.5 Å². The Kier molecular flexibility index (Phi) is 4.36. The standard InChI is InChI=1S/C11H12N2.NO3/c1-9-12-11(8-13(9)2)10-6-4-3-5-7-10;2-1(3)4/h3-8H,1-2H3;/q;-1/p+1. The van der Waals surface area contributed by atoms with Gasteiger partial charge < -0.3 is 15.3 Å². The lowest BCUT2D eigenvalue weighted by atomic mass is 10.2. The summed E-state index contributed by atoms with van der Waals surface area (Å²) >= 11 is 0. The van der Waals surface area contributed by atoms with Crippen LogP contribution < -0.4 is 4.90 Å². The van der Waals surface area contributed by atoms with E-state index in [1.807, 2.05) is 25.1 Å². The Morgan fingerprint density at radius 1 is 1.24 bits per heavy atom. The van der Waals surface area contributed by atoms with Gasteiger partial charge in [-0.15, -0.1) is 0 Å². The molecule has 1 aromatic rings. The van der Waals surface area contributed by atoms with Crippen LogP contribution in [0.3, 0.4) is 0 Å². The van der Waals surface area contributed by atoms with Gasteiger partial charge in [-0.3, -0.25) is 4.90 Å². The number of quaternary nitrogens is 1. The summed E-state index contributed by atoms with van der Waals surface area (Å²) < 4.78 is 0. The molecule has 0 spiro atoms. The molecule has 0 saturated heterocycles. The highest BCUT2D eigenvalue weighted by molar-refractivity contribution is 5.83. The van der Waals surface area contributed by atoms with Gasteiger partial charge in [0.25, 0.3) is 0 Å². The Morgan fingerprint density at radius 3 is 2.18 bits per heavy atom. The maximum Gasteiger partial charge on any atom is 0.203 e. The molecule has 1 aliphatic heterocycles. The van der Waals surface area contributed by atoms with Crippen LogP contribution in [0.15, 0.2) is 41.5 Å². The SMILES string of the molecule is CC1=NC(c2ccccc2)=C[NH+]1C.O=[N+]([O-])[O-]. The molecule has 0 amide bonds. The molecule has 6 heteroatoms. The molecular weight excluding hydrogens is 222 g/mol. The molecule has 1 aromatic carbocycles. The highest BCUT2D eigenvalue weighted by Crippen LogP contribution is 2.15. The van der Waals surface area contributed by atoms with Crippen LogP contribution >= 0.6 is 0 Å². The number of hydrogen-bond donors (Lipinski definition) is 1. The molecule has 1 unspecified atom stereocenters. The Hall–Kier alpha value is -2.21. The first-order valence-corrected chi connectivity index (χ1v) is 4.98. The Morgan fingerprint density at radius 2 is 1.76 bits per heavy atom. The molecule has 0 aliphatic carbocycles. The summed E-state index contributed by atoms with van der Waals surface area (Å²) in [6.07, 6.45) is 2.13. The number of hydrogen-bond acceptors (Lipinski definition) is 4. The van der Waals surface area contributed by atoms with Crippen LogP contribution in [0.1, 0.15) is 12.5 Å². The highest BCUT2D eigenvalue weighted by atomic mass is 16.9. The van der Waals surface area contributed by atoms with Gasteiger partial charge in [-0.2, -0.15) is 4.99 Å². The van der Waals surface area contributed by atoms with Gasteiger partial charge in [0.2, 0.25) is 5.84 Å². The first-order valence-electron chi connectivity index (χ1n) is 4.98. The molecule has 0 radical (unpaired) electrons. The number of amidine groups is 1. The van der Waals surface area contributed by atoms with E-state index in [2.05, 4.69) is 30.4 Å². The smallest absolute Gasteiger partial charge is 0.203 e. The van der Waals surface area contributed by atoms with E-state index in [0.717, 1.165) is 11.5 Å². The third kappa shape index (κ3) is 4.04. The second kappa shape index (κ2) is 5.76. The maximum atomic E-state index is 8.25. The topological polar surface area (TPSA) is 83.0 Å². The van der Waals surface area contributed by atoms with Crippen LogP contribution in [0.4, 0.5) is 0 Å². The van der Waals surface area contributed by atoms with Crippen molar-refractivity contribution in [1.82, 2.24) is 0 Å². The molecule has 0 fully saturated rings. The van der Waals surface area contributed by atoms with E-state index < -0.39 is 5.09 Å². The van der Waals surface area contributed by atoms with Crippen molar-refractivity contribution in [2.75, 3.05) is 7.05 Å². The van der Waals surface area contributed by atoms with Gasteiger partial charge in [-0.05, 0) is 0 Å².